The summed E-state index contributed by atoms with van der Waals surface area (Å²) in [4.78, 5) is 25.5. The molecule has 0 aliphatic heterocycles. The zero-order valence-electron chi connectivity index (χ0n) is 17.6. The Morgan fingerprint density at radius 2 is 1.81 bits per heavy atom. The average molecular weight is 419 g/mol. The zero-order valence-corrected chi connectivity index (χ0v) is 17.6. The predicted octanol–water partition coefficient (Wildman–Crippen LogP) is 4.28. The molecule has 0 bridgehead atoms. The third-order valence-corrected chi connectivity index (χ3v) is 6.22. The molecule has 1 amide bonds. The van der Waals surface area contributed by atoms with Gasteiger partial charge in [-0.25, -0.2) is 4.68 Å². The molecule has 1 aliphatic carbocycles. The van der Waals surface area contributed by atoms with Gasteiger partial charge >= 0.3 is 0 Å². The summed E-state index contributed by atoms with van der Waals surface area (Å²) in [6.45, 7) is 1.76. The van der Waals surface area contributed by atoms with E-state index in [1.165, 1.54) is 22.4 Å². The van der Waals surface area contributed by atoms with Crippen molar-refractivity contribution in [3.63, 3.8) is 0 Å². The first-order valence-corrected chi connectivity index (χ1v) is 10.4. The Hall–Kier alpha value is -3.55. The summed E-state index contributed by atoms with van der Waals surface area (Å²) in [5, 5.41) is 19.2. The minimum Gasteiger partial charge on any atom is -0.337 e. The Labute approximate surface area is 180 Å². The van der Waals surface area contributed by atoms with Gasteiger partial charge in [-0.15, -0.1) is 5.10 Å². The maximum absolute atomic E-state index is 13.1. The first kappa shape index (κ1) is 20.7. The van der Waals surface area contributed by atoms with E-state index in [2.05, 4.69) is 34.6 Å². The number of carbonyl (C=O) groups is 1. The molecule has 2 aromatic carbocycles. The van der Waals surface area contributed by atoms with Crippen molar-refractivity contribution >= 4 is 11.6 Å². The van der Waals surface area contributed by atoms with E-state index in [4.69, 9.17) is 0 Å². The summed E-state index contributed by atoms with van der Waals surface area (Å²) < 4.78 is 1.47. The second-order valence-corrected chi connectivity index (χ2v) is 8.04. The van der Waals surface area contributed by atoms with Crippen LogP contribution in [0.1, 0.15) is 53.3 Å². The van der Waals surface area contributed by atoms with Gasteiger partial charge in [0.15, 0.2) is 5.69 Å². The molecule has 8 nitrogen and oxygen atoms in total. The van der Waals surface area contributed by atoms with Crippen molar-refractivity contribution in [3.05, 3.63) is 81.7 Å². The van der Waals surface area contributed by atoms with Crippen LogP contribution in [0.4, 0.5) is 5.69 Å². The molecule has 4 rings (SSSR count). The van der Waals surface area contributed by atoms with E-state index >= 15 is 0 Å². The molecule has 0 radical (unpaired) electrons. The third kappa shape index (κ3) is 4.19. The molecule has 0 N–H and O–H groups in total. The molecule has 8 heteroatoms. The van der Waals surface area contributed by atoms with Gasteiger partial charge in [0.1, 0.15) is 0 Å². The lowest BCUT2D eigenvalue weighted by Gasteiger charge is -2.34. The molecule has 0 saturated heterocycles. The highest BCUT2D eigenvalue weighted by atomic mass is 16.6. The van der Waals surface area contributed by atoms with Crippen molar-refractivity contribution < 1.29 is 9.72 Å². The van der Waals surface area contributed by atoms with Crippen molar-refractivity contribution in [1.29, 1.82) is 0 Å². The number of rotatable bonds is 5. The van der Waals surface area contributed by atoms with Gasteiger partial charge in [0.2, 0.25) is 0 Å². The molecule has 1 fully saturated rings. The maximum Gasteiger partial charge on any atom is 0.276 e. The largest absolute Gasteiger partial charge is 0.337 e. The second-order valence-electron chi connectivity index (χ2n) is 8.04. The number of benzene rings is 2. The molecule has 0 spiro atoms. The molecular weight excluding hydrogens is 394 g/mol. The fraction of sp³-hybridized carbons (Fsp3) is 0.348. The fourth-order valence-electron chi connectivity index (χ4n) is 4.36. The first-order chi connectivity index (χ1) is 15.0. The van der Waals surface area contributed by atoms with Gasteiger partial charge in [-0.05, 0) is 50.2 Å². The molecule has 0 atom stereocenters. The van der Waals surface area contributed by atoms with E-state index in [0.29, 0.717) is 17.3 Å². The average Bonchev–Trinajstić information content (AvgIpc) is 3.20. The van der Waals surface area contributed by atoms with Gasteiger partial charge in [0.25, 0.3) is 11.6 Å². The molecule has 1 saturated carbocycles. The van der Waals surface area contributed by atoms with Crippen molar-refractivity contribution in [2.24, 2.45) is 0 Å². The van der Waals surface area contributed by atoms with Crippen LogP contribution in [0.3, 0.4) is 0 Å². The lowest BCUT2D eigenvalue weighted by molar-refractivity contribution is -0.384. The van der Waals surface area contributed by atoms with Gasteiger partial charge in [-0.1, -0.05) is 41.6 Å². The summed E-state index contributed by atoms with van der Waals surface area (Å²) in [6, 6.07) is 16.8. The van der Waals surface area contributed by atoms with Crippen LogP contribution in [0, 0.1) is 17.0 Å². The minimum absolute atomic E-state index is 0.0347. The summed E-state index contributed by atoms with van der Waals surface area (Å²) >= 11 is 0. The van der Waals surface area contributed by atoms with E-state index in [9.17, 15) is 14.9 Å². The van der Waals surface area contributed by atoms with Crippen LogP contribution in [0.5, 0.6) is 0 Å². The van der Waals surface area contributed by atoms with E-state index < -0.39 is 4.92 Å². The Bertz CT molecular complexity index is 1090. The van der Waals surface area contributed by atoms with Crippen LogP contribution in [-0.2, 0) is 0 Å². The Morgan fingerprint density at radius 1 is 1.10 bits per heavy atom. The number of carbonyl (C=O) groups excluding carboxylic acids is 1. The van der Waals surface area contributed by atoms with Crippen LogP contribution in [0.25, 0.3) is 5.69 Å². The molecule has 1 aliphatic rings. The van der Waals surface area contributed by atoms with Gasteiger partial charge < -0.3 is 4.90 Å². The van der Waals surface area contributed by atoms with Crippen LogP contribution in [-0.4, -0.2) is 43.8 Å². The van der Waals surface area contributed by atoms with Crippen molar-refractivity contribution in [1.82, 2.24) is 19.9 Å². The highest BCUT2D eigenvalue weighted by Gasteiger charge is 2.30. The Kier molecular flexibility index (Phi) is 5.79. The Balaban J connectivity index is 1.46. The van der Waals surface area contributed by atoms with Gasteiger partial charge in [-0.3, -0.25) is 14.9 Å². The van der Waals surface area contributed by atoms with Crippen molar-refractivity contribution in [2.75, 3.05) is 7.05 Å². The van der Waals surface area contributed by atoms with Crippen LogP contribution in [0.2, 0.25) is 0 Å². The molecule has 0 unspecified atom stereocenters. The molecule has 1 heterocycles. The maximum atomic E-state index is 13.1. The molecule has 1 aromatic heterocycles. The summed E-state index contributed by atoms with van der Waals surface area (Å²) in [5.41, 5.74) is 2.68. The summed E-state index contributed by atoms with van der Waals surface area (Å²) in [6.07, 6.45) is 3.98. The number of nitrogens with zero attached hydrogens (tertiary/aromatic N) is 5. The SMILES string of the molecule is Cc1c(C(=O)N(C)C2CCC(c3ccccc3)CC2)nnn1-c1cccc([N+](=O)[O-])c1. The van der Waals surface area contributed by atoms with Gasteiger partial charge in [0.05, 0.1) is 16.3 Å². The first-order valence-electron chi connectivity index (χ1n) is 10.4. The lowest BCUT2D eigenvalue weighted by Crippen LogP contribution is -2.39. The minimum atomic E-state index is -0.457. The van der Waals surface area contributed by atoms with Gasteiger partial charge in [0, 0.05) is 25.2 Å². The van der Waals surface area contributed by atoms with Crippen LogP contribution < -0.4 is 0 Å². The van der Waals surface area contributed by atoms with Gasteiger partial charge in [-0.2, -0.15) is 0 Å². The van der Waals surface area contributed by atoms with Crippen molar-refractivity contribution in [3.8, 4) is 5.69 Å². The van der Waals surface area contributed by atoms with E-state index in [0.717, 1.165) is 25.7 Å². The standard InChI is InChI=1S/C23H25N5O3/c1-16-22(24-25-27(16)20-9-6-10-21(15-20)28(30)31)23(29)26(2)19-13-11-18(12-14-19)17-7-4-3-5-8-17/h3-10,15,18-19H,11-14H2,1-2H3. The van der Waals surface area contributed by atoms with Crippen LogP contribution >= 0.6 is 0 Å². The number of aromatic nitrogens is 3. The quantitative estimate of drug-likeness (QED) is 0.454. The highest BCUT2D eigenvalue weighted by molar-refractivity contribution is 5.93. The number of nitro benzene ring substituents is 1. The number of hydrogen-bond acceptors (Lipinski definition) is 5. The van der Waals surface area contributed by atoms with E-state index in [1.54, 1.807) is 24.0 Å². The van der Waals surface area contributed by atoms with Crippen LogP contribution in [0.15, 0.2) is 54.6 Å². The normalized spacial score (nSPS) is 18.5. The number of amides is 1. The molecule has 31 heavy (non-hydrogen) atoms. The lowest BCUT2D eigenvalue weighted by atomic mass is 9.81. The zero-order chi connectivity index (χ0) is 22.0. The van der Waals surface area contributed by atoms with E-state index in [-0.39, 0.29) is 23.3 Å². The van der Waals surface area contributed by atoms with Crippen molar-refractivity contribution in [2.45, 2.75) is 44.6 Å². The summed E-state index contributed by atoms with van der Waals surface area (Å²) in [5.74, 6) is 0.370. The fourth-order valence-corrected chi connectivity index (χ4v) is 4.36. The second kappa shape index (κ2) is 8.67. The predicted molar refractivity (Wildman–Crippen MR) is 116 cm³/mol. The highest BCUT2D eigenvalue weighted by Crippen LogP contribution is 2.34. The number of nitro groups is 1. The monoisotopic (exact) mass is 419 g/mol. The Morgan fingerprint density at radius 3 is 2.48 bits per heavy atom. The number of non-ortho nitro benzene ring substituents is 1. The molecule has 3 aromatic rings. The smallest absolute Gasteiger partial charge is 0.276 e. The summed E-state index contributed by atoms with van der Waals surface area (Å²) in [7, 11) is 1.82. The topological polar surface area (TPSA) is 94.2 Å². The number of hydrogen-bond donors (Lipinski definition) is 0. The molecular formula is C23H25N5O3. The van der Waals surface area contributed by atoms with E-state index in [1.807, 2.05) is 13.1 Å². The molecule has 160 valence electrons. The third-order valence-electron chi connectivity index (χ3n) is 6.22.